The smallest absolute Gasteiger partial charge is 0.311 e. The molecule has 2 rings (SSSR count). The summed E-state index contributed by atoms with van der Waals surface area (Å²) in [5.41, 5.74) is 2.61. The van der Waals surface area contributed by atoms with Gasteiger partial charge in [-0.05, 0) is 44.2 Å². The first-order valence-corrected chi connectivity index (χ1v) is 6.54. The number of nitrogens with one attached hydrogen (secondary N) is 1. The van der Waals surface area contributed by atoms with Gasteiger partial charge in [-0.1, -0.05) is 6.07 Å². The zero-order valence-electron chi connectivity index (χ0n) is 12.2. The van der Waals surface area contributed by atoms with E-state index >= 15 is 0 Å². The van der Waals surface area contributed by atoms with E-state index in [0.717, 1.165) is 16.7 Å². The number of rotatable bonds is 5. The monoisotopic (exact) mass is 287 g/mol. The molecule has 1 aromatic heterocycles. The molecule has 0 atom stereocenters. The van der Waals surface area contributed by atoms with E-state index in [2.05, 4.69) is 10.3 Å². The van der Waals surface area contributed by atoms with Crippen LogP contribution >= 0.6 is 0 Å². The third-order valence-electron chi connectivity index (χ3n) is 2.99. The number of hydrogen-bond acceptors (Lipinski definition) is 5. The van der Waals surface area contributed by atoms with Gasteiger partial charge in [-0.15, -0.1) is 0 Å². The summed E-state index contributed by atoms with van der Waals surface area (Å²) in [6, 6.07) is 6.79. The maximum absolute atomic E-state index is 11.1. The van der Waals surface area contributed by atoms with Crippen LogP contribution in [0.4, 0.5) is 5.69 Å². The summed E-state index contributed by atoms with van der Waals surface area (Å²) in [6.07, 6.45) is 1.69. The van der Waals surface area contributed by atoms with E-state index in [1.807, 2.05) is 20.0 Å². The van der Waals surface area contributed by atoms with Crippen LogP contribution < -0.4 is 10.1 Å². The van der Waals surface area contributed by atoms with Crippen LogP contribution in [0.3, 0.4) is 0 Å². The number of ether oxygens (including phenoxy) is 1. The number of nitro benzene ring substituents is 1. The number of nitrogens with zero attached hydrogens (tertiary/aromatic N) is 2. The molecular formula is C15H17N3O3. The van der Waals surface area contributed by atoms with Crippen LogP contribution in [0.25, 0.3) is 0 Å². The number of nitro groups is 1. The maximum atomic E-state index is 11.1. The van der Waals surface area contributed by atoms with Crippen LogP contribution in [0.1, 0.15) is 16.7 Å². The summed E-state index contributed by atoms with van der Waals surface area (Å²) in [5, 5.41) is 14.1. The van der Waals surface area contributed by atoms with Gasteiger partial charge in [0.1, 0.15) is 0 Å². The number of aromatic nitrogens is 1. The summed E-state index contributed by atoms with van der Waals surface area (Å²) in [6.45, 7) is 4.37. The van der Waals surface area contributed by atoms with Crippen molar-refractivity contribution in [3.8, 4) is 11.6 Å². The van der Waals surface area contributed by atoms with Gasteiger partial charge in [0.25, 0.3) is 0 Å². The predicted molar refractivity (Wildman–Crippen MR) is 79.6 cm³/mol. The molecule has 21 heavy (non-hydrogen) atoms. The molecule has 0 amide bonds. The van der Waals surface area contributed by atoms with Crippen molar-refractivity contribution < 1.29 is 9.66 Å². The Balaban J connectivity index is 2.32. The summed E-state index contributed by atoms with van der Waals surface area (Å²) in [4.78, 5) is 14.9. The molecule has 0 spiro atoms. The van der Waals surface area contributed by atoms with Crippen molar-refractivity contribution in [2.75, 3.05) is 7.05 Å². The minimum Gasteiger partial charge on any atom is -0.432 e. The highest BCUT2D eigenvalue weighted by molar-refractivity contribution is 5.50. The lowest BCUT2D eigenvalue weighted by Crippen LogP contribution is -2.06. The molecule has 2 aromatic rings. The number of pyridine rings is 1. The highest BCUT2D eigenvalue weighted by atomic mass is 16.6. The first-order valence-electron chi connectivity index (χ1n) is 6.54. The number of benzene rings is 1. The zero-order valence-corrected chi connectivity index (χ0v) is 12.2. The van der Waals surface area contributed by atoms with E-state index in [9.17, 15) is 10.1 Å². The van der Waals surface area contributed by atoms with Gasteiger partial charge >= 0.3 is 5.69 Å². The van der Waals surface area contributed by atoms with Crippen molar-refractivity contribution in [2.24, 2.45) is 0 Å². The lowest BCUT2D eigenvalue weighted by molar-refractivity contribution is -0.385. The molecule has 1 heterocycles. The summed E-state index contributed by atoms with van der Waals surface area (Å²) >= 11 is 0. The third-order valence-corrected chi connectivity index (χ3v) is 2.99. The Morgan fingerprint density at radius 1 is 1.33 bits per heavy atom. The van der Waals surface area contributed by atoms with Gasteiger partial charge in [-0.25, -0.2) is 4.98 Å². The summed E-state index contributed by atoms with van der Waals surface area (Å²) in [5.74, 6) is 0.573. The van der Waals surface area contributed by atoms with Crippen molar-refractivity contribution in [3.05, 3.63) is 57.3 Å². The van der Waals surface area contributed by atoms with Crippen molar-refractivity contribution in [1.82, 2.24) is 10.3 Å². The molecule has 0 aliphatic heterocycles. The van der Waals surface area contributed by atoms with Gasteiger partial charge < -0.3 is 10.1 Å². The van der Waals surface area contributed by atoms with Crippen LogP contribution in [-0.4, -0.2) is 17.0 Å². The molecule has 0 aliphatic rings. The highest BCUT2D eigenvalue weighted by Crippen LogP contribution is 2.32. The van der Waals surface area contributed by atoms with Gasteiger partial charge in [0, 0.05) is 24.4 Å². The van der Waals surface area contributed by atoms with Gasteiger partial charge in [0.15, 0.2) is 0 Å². The van der Waals surface area contributed by atoms with Crippen LogP contribution in [0.15, 0.2) is 30.5 Å². The second-order valence-corrected chi connectivity index (χ2v) is 4.83. The molecule has 0 saturated carbocycles. The molecule has 0 saturated heterocycles. The van der Waals surface area contributed by atoms with E-state index in [4.69, 9.17) is 4.74 Å². The maximum Gasteiger partial charge on any atom is 0.311 e. The highest BCUT2D eigenvalue weighted by Gasteiger charge is 2.17. The standard InChI is InChI=1S/C15H17N3O3/c1-10-4-5-14(13(6-10)18(19)20)21-15-11(2)7-12(8-16-3)9-17-15/h4-7,9,16H,8H2,1-3H3. The van der Waals surface area contributed by atoms with E-state index in [1.54, 1.807) is 25.3 Å². The number of aryl methyl sites for hydroxylation is 2. The predicted octanol–water partition coefficient (Wildman–Crippen LogP) is 3.12. The largest absolute Gasteiger partial charge is 0.432 e. The molecule has 0 unspecified atom stereocenters. The van der Waals surface area contributed by atoms with Gasteiger partial charge in [0.05, 0.1) is 4.92 Å². The molecule has 0 aliphatic carbocycles. The first-order chi connectivity index (χ1) is 10.0. The minimum atomic E-state index is -0.451. The minimum absolute atomic E-state index is 0.0597. The molecule has 0 bridgehead atoms. The third kappa shape index (κ3) is 3.55. The second-order valence-electron chi connectivity index (χ2n) is 4.83. The molecule has 0 fully saturated rings. The Bertz CT molecular complexity index is 671. The van der Waals surface area contributed by atoms with E-state index in [-0.39, 0.29) is 11.4 Å². The molecule has 1 aromatic carbocycles. The topological polar surface area (TPSA) is 77.3 Å². The Morgan fingerprint density at radius 2 is 2.10 bits per heavy atom. The molecule has 110 valence electrons. The summed E-state index contributed by atoms with van der Waals surface area (Å²) < 4.78 is 5.62. The van der Waals surface area contributed by atoms with Crippen molar-refractivity contribution in [3.63, 3.8) is 0 Å². The van der Waals surface area contributed by atoms with Gasteiger partial charge in [0.2, 0.25) is 11.6 Å². The lowest BCUT2D eigenvalue weighted by atomic mass is 10.2. The summed E-state index contributed by atoms with van der Waals surface area (Å²) in [7, 11) is 1.86. The normalized spacial score (nSPS) is 10.4. The van der Waals surface area contributed by atoms with Gasteiger partial charge in [-0.2, -0.15) is 0 Å². The van der Waals surface area contributed by atoms with Crippen molar-refractivity contribution in [2.45, 2.75) is 20.4 Å². The molecular weight excluding hydrogens is 270 g/mol. The fourth-order valence-corrected chi connectivity index (χ4v) is 1.99. The Hall–Kier alpha value is -2.47. The lowest BCUT2D eigenvalue weighted by Gasteiger charge is -2.09. The van der Waals surface area contributed by atoms with Gasteiger partial charge in [-0.3, -0.25) is 10.1 Å². The fraction of sp³-hybridized carbons (Fsp3) is 0.267. The van der Waals surface area contributed by atoms with E-state index in [1.165, 1.54) is 6.07 Å². The molecule has 1 N–H and O–H groups in total. The Morgan fingerprint density at radius 3 is 2.71 bits per heavy atom. The number of hydrogen-bond donors (Lipinski definition) is 1. The Labute approximate surface area is 122 Å². The molecule has 0 radical (unpaired) electrons. The quantitative estimate of drug-likeness (QED) is 0.675. The second kappa shape index (κ2) is 6.32. The fourth-order valence-electron chi connectivity index (χ4n) is 1.99. The zero-order chi connectivity index (χ0) is 15.4. The first kappa shape index (κ1) is 14.9. The average molecular weight is 287 g/mol. The van der Waals surface area contributed by atoms with Crippen LogP contribution in [-0.2, 0) is 6.54 Å². The SMILES string of the molecule is CNCc1cnc(Oc2ccc(C)cc2[N+](=O)[O-])c(C)c1. The van der Waals surface area contributed by atoms with Crippen LogP contribution in [0.2, 0.25) is 0 Å². The Kier molecular flexibility index (Phi) is 4.49. The van der Waals surface area contributed by atoms with Crippen LogP contribution in [0.5, 0.6) is 11.6 Å². The molecule has 6 heteroatoms. The van der Waals surface area contributed by atoms with Crippen molar-refractivity contribution in [1.29, 1.82) is 0 Å². The van der Waals surface area contributed by atoms with Crippen molar-refractivity contribution >= 4 is 5.69 Å². The molecule has 6 nitrogen and oxygen atoms in total. The van der Waals surface area contributed by atoms with Crippen LogP contribution in [0, 0.1) is 24.0 Å². The average Bonchev–Trinajstić information content (AvgIpc) is 2.43. The van der Waals surface area contributed by atoms with E-state index in [0.29, 0.717) is 12.4 Å². The van der Waals surface area contributed by atoms with E-state index < -0.39 is 4.92 Å².